The molecular weight excluding hydrogens is 362 g/mol. The Morgan fingerprint density at radius 1 is 1.21 bits per heavy atom. The van der Waals surface area contributed by atoms with Crippen LogP contribution < -0.4 is 21.0 Å². The van der Waals surface area contributed by atoms with Crippen molar-refractivity contribution >= 4 is 18.1 Å². The summed E-state index contributed by atoms with van der Waals surface area (Å²) < 4.78 is 7.71. The lowest BCUT2D eigenvalue weighted by Gasteiger charge is -2.13. The summed E-state index contributed by atoms with van der Waals surface area (Å²) in [6.45, 7) is 9.10. The first-order valence-electron chi connectivity index (χ1n) is 10.5. The number of aliphatic hydroxyl groups is 1. The summed E-state index contributed by atoms with van der Waals surface area (Å²) in [7, 11) is 1.65. The fraction of sp³-hybridized carbons (Fsp3) is 0.458. The van der Waals surface area contributed by atoms with Crippen LogP contribution >= 0.6 is 0 Å². The van der Waals surface area contributed by atoms with E-state index in [2.05, 4.69) is 18.1 Å². The van der Waals surface area contributed by atoms with Crippen LogP contribution in [0.15, 0.2) is 35.5 Å². The number of aliphatic imine (C=N–C) groups is 1. The van der Waals surface area contributed by atoms with Crippen LogP contribution in [0, 0.1) is 0 Å². The Hall–Kier alpha value is -2.53. The van der Waals surface area contributed by atoms with E-state index in [0.29, 0.717) is 12.4 Å². The lowest BCUT2D eigenvalue weighted by Crippen LogP contribution is -2.31. The van der Waals surface area contributed by atoms with E-state index in [1.54, 1.807) is 7.11 Å². The second-order valence-corrected chi connectivity index (χ2v) is 7.34. The van der Waals surface area contributed by atoms with Gasteiger partial charge < -0.3 is 20.1 Å². The van der Waals surface area contributed by atoms with E-state index in [1.165, 1.54) is 19.3 Å². The second kappa shape index (κ2) is 11.5. The van der Waals surface area contributed by atoms with Crippen molar-refractivity contribution in [1.82, 2.24) is 4.57 Å². The summed E-state index contributed by atoms with van der Waals surface area (Å²) in [6, 6.07) is 7.83. The number of methoxy groups -OCH3 is 1. The number of aliphatic hydroxyl groups excluding tert-OH is 1. The predicted octanol–water partition coefficient (Wildman–Crippen LogP) is 3.29. The SMILES string of the molecule is C=c1ccn(Cc2ccc(CO)cc2OC)/c1=C(\CCCCCC)N=C(N)CC. The van der Waals surface area contributed by atoms with Crippen LogP contribution in [-0.4, -0.2) is 22.6 Å². The van der Waals surface area contributed by atoms with Gasteiger partial charge in [0.15, 0.2) is 0 Å². The van der Waals surface area contributed by atoms with E-state index in [4.69, 9.17) is 15.5 Å². The predicted molar refractivity (Wildman–Crippen MR) is 121 cm³/mol. The molecule has 1 aromatic heterocycles. The zero-order chi connectivity index (χ0) is 21.2. The third-order valence-corrected chi connectivity index (χ3v) is 5.10. The molecule has 1 aromatic carbocycles. The maximum absolute atomic E-state index is 9.39. The van der Waals surface area contributed by atoms with Gasteiger partial charge in [0.2, 0.25) is 0 Å². The largest absolute Gasteiger partial charge is 0.496 e. The molecular formula is C24H35N3O2. The third-order valence-electron chi connectivity index (χ3n) is 5.10. The van der Waals surface area contributed by atoms with Crippen molar-refractivity contribution in [3.63, 3.8) is 0 Å². The van der Waals surface area contributed by atoms with Crippen molar-refractivity contribution in [3.05, 3.63) is 52.2 Å². The van der Waals surface area contributed by atoms with Crippen molar-refractivity contribution in [2.75, 3.05) is 7.11 Å². The number of nitrogens with two attached hydrogens (primary N) is 1. The number of rotatable bonds is 11. The molecule has 0 saturated carbocycles. The Morgan fingerprint density at radius 3 is 2.66 bits per heavy atom. The average molecular weight is 398 g/mol. The Morgan fingerprint density at radius 2 is 2.00 bits per heavy atom. The van der Waals surface area contributed by atoms with Crippen LogP contribution in [0.1, 0.15) is 63.5 Å². The maximum atomic E-state index is 9.39. The van der Waals surface area contributed by atoms with Crippen molar-refractivity contribution in [2.24, 2.45) is 10.7 Å². The Kier molecular flexibility index (Phi) is 9.00. The Balaban J connectivity index is 2.49. The van der Waals surface area contributed by atoms with Gasteiger partial charge in [-0.2, -0.15) is 0 Å². The number of unbranched alkanes of at least 4 members (excludes halogenated alkanes) is 3. The summed E-state index contributed by atoms with van der Waals surface area (Å²) in [4.78, 5) is 4.75. The van der Waals surface area contributed by atoms with Gasteiger partial charge in [0.1, 0.15) is 5.75 Å². The van der Waals surface area contributed by atoms with E-state index >= 15 is 0 Å². The number of benzene rings is 1. The summed E-state index contributed by atoms with van der Waals surface area (Å²) >= 11 is 0. The first kappa shape index (κ1) is 22.8. The molecule has 29 heavy (non-hydrogen) atoms. The third kappa shape index (κ3) is 6.23. The monoisotopic (exact) mass is 397 g/mol. The zero-order valence-electron chi connectivity index (χ0n) is 18.1. The highest BCUT2D eigenvalue weighted by atomic mass is 16.5. The average Bonchev–Trinajstić information content (AvgIpc) is 3.10. The number of aromatic nitrogens is 1. The molecule has 0 saturated heterocycles. The van der Waals surface area contributed by atoms with Gasteiger partial charge in [-0.05, 0) is 35.8 Å². The highest BCUT2D eigenvalue weighted by Crippen LogP contribution is 2.21. The van der Waals surface area contributed by atoms with E-state index in [9.17, 15) is 5.11 Å². The Bertz CT molecular complexity index is 928. The molecule has 0 aliphatic carbocycles. The van der Waals surface area contributed by atoms with Gasteiger partial charge in [-0.15, -0.1) is 0 Å². The van der Waals surface area contributed by atoms with Gasteiger partial charge >= 0.3 is 0 Å². The Labute approximate surface area is 174 Å². The molecule has 0 aliphatic heterocycles. The summed E-state index contributed by atoms with van der Waals surface area (Å²) in [5.74, 6) is 1.41. The molecule has 0 radical (unpaired) electrons. The normalized spacial score (nSPS) is 12.9. The molecule has 0 bridgehead atoms. The van der Waals surface area contributed by atoms with E-state index in [0.717, 1.165) is 52.4 Å². The molecule has 0 atom stereocenters. The van der Waals surface area contributed by atoms with E-state index in [-0.39, 0.29) is 6.61 Å². The van der Waals surface area contributed by atoms with Crippen LogP contribution in [0.2, 0.25) is 0 Å². The van der Waals surface area contributed by atoms with Crippen LogP contribution in [0.4, 0.5) is 0 Å². The lowest BCUT2D eigenvalue weighted by molar-refractivity contribution is 0.281. The highest BCUT2D eigenvalue weighted by Gasteiger charge is 2.09. The molecule has 3 N–H and O–H groups in total. The van der Waals surface area contributed by atoms with Crippen LogP contribution in [0.5, 0.6) is 5.75 Å². The fourth-order valence-electron chi connectivity index (χ4n) is 3.40. The minimum atomic E-state index is -0.00483. The minimum absolute atomic E-state index is 0.00483. The zero-order valence-corrected chi connectivity index (χ0v) is 18.1. The number of hydrogen-bond donors (Lipinski definition) is 2. The van der Waals surface area contributed by atoms with Gasteiger partial charge in [-0.1, -0.05) is 51.8 Å². The maximum Gasteiger partial charge on any atom is 0.124 e. The van der Waals surface area contributed by atoms with Gasteiger partial charge in [-0.3, -0.25) is 0 Å². The van der Waals surface area contributed by atoms with Crippen molar-refractivity contribution < 1.29 is 9.84 Å². The molecule has 1 heterocycles. The smallest absolute Gasteiger partial charge is 0.124 e. The molecule has 0 aliphatic rings. The second-order valence-electron chi connectivity index (χ2n) is 7.34. The number of ether oxygens (including phenoxy) is 1. The van der Waals surface area contributed by atoms with Crippen LogP contribution in [0.25, 0.3) is 12.3 Å². The molecule has 0 spiro atoms. The fourth-order valence-corrected chi connectivity index (χ4v) is 3.40. The van der Waals surface area contributed by atoms with Crippen LogP contribution in [0.3, 0.4) is 0 Å². The lowest BCUT2D eigenvalue weighted by atomic mass is 10.1. The molecule has 5 heteroatoms. The van der Waals surface area contributed by atoms with Gasteiger partial charge in [0.05, 0.1) is 37.1 Å². The van der Waals surface area contributed by atoms with Crippen molar-refractivity contribution in [2.45, 2.75) is 65.5 Å². The molecule has 0 amide bonds. The molecule has 0 fully saturated rings. The number of nitrogens with zero attached hydrogens (tertiary/aromatic N) is 2. The summed E-state index contributed by atoms with van der Waals surface area (Å²) in [5, 5.41) is 11.4. The van der Waals surface area contributed by atoms with E-state index < -0.39 is 0 Å². The van der Waals surface area contributed by atoms with Gasteiger partial charge in [0.25, 0.3) is 0 Å². The first-order valence-corrected chi connectivity index (χ1v) is 10.5. The topological polar surface area (TPSA) is 72.8 Å². The molecule has 2 rings (SSSR count). The highest BCUT2D eigenvalue weighted by molar-refractivity contribution is 5.83. The van der Waals surface area contributed by atoms with Crippen LogP contribution in [-0.2, 0) is 13.2 Å². The quantitative estimate of drug-likeness (QED) is 0.347. The van der Waals surface area contributed by atoms with Gasteiger partial charge in [0, 0.05) is 18.2 Å². The number of hydrogen-bond acceptors (Lipinski definition) is 3. The van der Waals surface area contributed by atoms with Crippen molar-refractivity contribution in [3.8, 4) is 5.75 Å². The standard InChI is InChI=1S/C24H35N3O2/c1-5-7-8-9-10-21(26-23(25)6-2)24-18(3)13-14-27(24)16-20-12-11-19(17-28)15-22(20)29-4/h11-15,28H,3,5-10,16-17H2,1-2,4H3,(H2,25,26)/b24-21+. The summed E-state index contributed by atoms with van der Waals surface area (Å²) in [6.07, 6.45) is 8.36. The molecule has 158 valence electrons. The summed E-state index contributed by atoms with van der Waals surface area (Å²) in [5.41, 5.74) is 8.97. The van der Waals surface area contributed by atoms with E-state index in [1.807, 2.05) is 37.4 Å². The van der Waals surface area contributed by atoms with Gasteiger partial charge in [-0.25, -0.2) is 4.99 Å². The first-order chi connectivity index (χ1) is 14.0. The molecule has 2 aromatic rings. The van der Waals surface area contributed by atoms with Crippen molar-refractivity contribution in [1.29, 1.82) is 0 Å². The molecule has 0 unspecified atom stereocenters. The molecule has 5 nitrogen and oxygen atoms in total. The number of amidine groups is 1. The minimum Gasteiger partial charge on any atom is -0.496 e.